The molecule has 0 amide bonds. The molecule has 0 saturated carbocycles. The summed E-state index contributed by atoms with van der Waals surface area (Å²) in [5, 5.41) is 39.2. The van der Waals surface area contributed by atoms with Crippen molar-refractivity contribution in [1.29, 1.82) is 0 Å². The first-order valence-corrected chi connectivity index (χ1v) is 19.7. The van der Waals surface area contributed by atoms with Gasteiger partial charge in [0.1, 0.15) is 49.4 Å². The number of aromatic hydroxyl groups is 4. The van der Waals surface area contributed by atoms with E-state index in [2.05, 4.69) is 94.7 Å². The Morgan fingerprint density at radius 1 is 0.338 bits per heavy atom. The Hall–Kier alpha value is -10.6. The predicted octanol–water partition coefficient (Wildman–Crippen LogP) is 5.98. The van der Waals surface area contributed by atoms with E-state index in [9.17, 15) is 39.6 Å². The van der Waals surface area contributed by atoms with Gasteiger partial charge in [0, 0.05) is 46.6 Å². The third kappa shape index (κ3) is 17.3. The highest BCUT2D eigenvalue weighted by molar-refractivity contribution is 5.91. The maximum absolute atomic E-state index is 12.7. The molecular weight excluding hydrogens is 865 g/mol. The minimum atomic E-state index is -0.749. The van der Waals surface area contributed by atoms with Crippen LogP contribution in [0.4, 0.5) is 0 Å². The number of carbonyl (C=O) groups is 4. The number of phenols is 4. The van der Waals surface area contributed by atoms with Gasteiger partial charge in [0.25, 0.3) is 0 Å². The van der Waals surface area contributed by atoms with Crippen molar-refractivity contribution in [3.63, 3.8) is 0 Å². The van der Waals surface area contributed by atoms with E-state index in [1.54, 1.807) is 0 Å². The molecule has 0 atom stereocenters. The van der Waals surface area contributed by atoms with Gasteiger partial charge >= 0.3 is 23.9 Å². The third-order valence-corrected chi connectivity index (χ3v) is 8.18. The summed E-state index contributed by atoms with van der Waals surface area (Å²) in [5.41, 5.74) is 1.17. The van der Waals surface area contributed by atoms with Crippen LogP contribution < -0.4 is 0 Å². The maximum atomic E-state index is 12.7. The van der Waals surface area contributed by atoms with Crippen LogP contribution in [-0.2, 0) is 18.9 Å². The molecule has 0 unspecified atom stereocenters. The molecule has 5 rings (SSSR count). The fourth-order valence-electron chi connectivity index (χ4n) is 4.98. The first-order valence-electron chi connectivity index (χ1n) is 19.7. The second kappa shape index (κ2) is 26.1. The number of rotatable bonds is 12. The van der Waals surface area contributed by atoms with E-state index in [-0.39, 0.29) is 94.0 Å². The summed E-state index contributed by atoms with van der Waals surface area (Å²) in [6.07, 6.45) is 5.38. The van der Waals surface area contributed by atoms with Gasteiger partial charge in [-0.2, -0.15) is 0 Å². The normalized spacial score (nSPS) is 14.5. The molecule has 4 N–H and O–H groups in total. The topological polar surface area (TPSA) is 186 Å². The Labute approximate surface area is 391 Å². The van der Waals surface area contributed by atoms with Crippen molar-refractivity contribution in [2.75, 3.05) is 26.4 Å². The molecule has 1 aliphatic rings. The van der Waals surface area contributed by atoms with Crippen molar-refractivity contribution >= 4 is 23.9 Å². The molecule has 0 aliphatic heterocycles. The Kier molecular flexibility index (Phi) is 18.6. The summed E-state index contributed by atoms with van der Waals surface area (Å²) < 4.78 is 21.6. The fourth-order valence-corrected chi connectivity index (χ4v) is 4.98. The highest BCUT2D eigenvalue weighted by Crippen LogP contribution is 2.16. The molecule has 1 aliphatic carbocycles. The Balaban J connectivity index is 1.50. The smallest absolute Gasteiger partial charge is 0.338 e. The van der Waals surface area contributed by atoms with E-state index in [0.717, 1.165) is 0 Å². The Morgan fingerprint density at radius 3 is 0.765 bits per heavy atom. The van der Waals surface area contributed by atoms with Gasteiger partial charge in [-0.15, -0.1) is 0 Å². The van der Waals surface area contributed by atoms with Crippen LogP contribution in [0.15, 0.2) is 144 Å². The number of hydrogen-bond donors (Lipinski definition) is 4. The van der Waals surface area contributed by atoms with Crippen molar-refractivity contribution in [2.24, 2.45) is 0 Å². The molecule has 0 aromatic heterocycles. The van der Waals surface area contributed by atoms with E-state index in [1.165, 1.54) is 121 Å². The molecule has 0 heterocycles. The number of benzene rings is 4. The van der Waals surface area contributed by atoms with Gasteiger partial charge in [0.05, 0.1) is 22.3 Å². The Bertz CT molecular complexity index is 2860. The maximum Gasteiger partial charge on any atom is 0.338 e. The predicted molar refractivity (Wildman–Crippen MR) is 248 cm³/mol. The highest BCUT2D eigenvalue weighted by Gasteiger charge is 2.12. The van der Waals surface area contributed by atoms with Crippen molar-refractivity contribution < 1.29 is 58.6 Å². The van der Waals surface area contributed by atoms with Gasteiger partial charge in [0.15, 0.2) is 0 Å². The average molecular weight is 897 g/mol. The third-order valence-electron chi connectivity index (χ3n) is 8.18. The average Bonchev–Trinajstić information content (AvgIpc) is 3.33. The second-order valence-corrected chi connectivity index (χ2v) is 13.3. The molecule has 4 aromatic carbocycles. The lowest BCUT2D eigenvalue weighted by molar-refractivity contribution is 0.0534. The number of phenolic OH excluding ortho intramolecular Hbond substituents is 4. The molecule has 0 fully saturated rings. The standard InChI is InChI=1S/C56H32O12/c57-49-29-13-25-45(33-49)53(61)65-37-41-17-5-1-2-6-18-42(38-66-54(62)46-26-14-30-50(58)34-46)22-11-12-24-44(40-68-56(64)48-28-16-32-52(60)36-48)20-8-4-3-7-19-43(23-10-9-21-41)39-67-55(63)47-27-15-31-51(59)35-47/h13-20,25-36,57-60H,37-40H2/b41-17-,42-18+,43-19+,44-20+. The first kappa shape index (κ1) is 48.4. The summed E-state index contributed by atoms with van der Waals surface area (Å²) in [6.45, 7) is -1.38. The molecule has 328 valence electrons. The minimum absolute atomic E-state index is 0.0912. The van der Waals surface area contributed by atoms with Crippen LogP contribution in [0.2, 0.25) is 0 Å². The molecule has 0 saturated heterocycles. The molecule has 68 heavy (non-hydrogen) atoms. The number of hydrogen-bond acceptors (Lipinski definition) is 12. The summed E-state index contributed by atoms with van der Waals surface area (Å²) in [5.74, 6) is 39.5. The van der Waals surface area contributed by atoms with Gasteiger partial charge in [-0.05, 0) is 120 Å². The molecule has 12 nitrogen and oxygen atoms in total. The number of carbonyl (C=O) groups excluding carboxylic acids is 4. The molecule has 0 radical (unpaired) electrons. The lowest BCUT2D eigenvalue weighted by Crippen LogP contribution is -2.07. The zero-order chi connectivity index (χ0) is 48.4. The summed E-state index contributed by atoms with van der Waals surface area (Å²) in [7, 11) is 0. The zero-order valence-corrected chi connectivity index (χ0v) is 35.4. The molecule has 0 bridgehead atoms. The van der Waals surface area contributed by atoms with E-state index in [4.69, 9.17) is 18.9 Å². The van der Waals surface area contributed by atoms with Crippen LogP contribution in [0.1, 0.15) is 41.4 Å². The van der Waals surface area contributed by atoms with Gasteiger partial charge in [0.2, 0.25) is 0 Å². The van der Waals surface area contributed by atoms with Crippen molar-refractivity contribution in [1.82, 2.24) is 0 Å². The van der Waals surface area contributed by atoms with Crippen LogP contribution in [0.25, 0.3) is 0 Å². The van der Waals surface area contributed by atoms with Crippen LogP contribution in [-0.4, -0.2) is 70.7 Å². The van der Waals surface area contributed by atoms with E-state index >= 15 is 0 Å². The van der Waals surface area contributed by atoms with Crippen molar-refractivity contribution in [3.05, 3.63) is 166 Å². The van der Waals surface area contributed by atoms with Gasteiger partial charge in [-0.3, -0.25) is 0 Å². The summed E-state index contributed by atoms with van der Waals surface area (Å²) in [6, 6.07) is 22.3. The molecule has 4 aromatic rings. The monoisotopic (exact) mass is 896 g/mol. The molecular formula is C56H32O12. The van der Waals surface area contributed by atoms with Crippen LogP contribution >= 0.6 is 0 Å². The van der Waals surface area contributed by atoms with E-state index in [1.807, 2.05) is 0 Å². The van der Waals surface area contributed by atoms with Crippen LogP contribution in [0.3, 0.4) is 0 Å². The number of ether oxygens (including phenoxy) is 4. The highest BCUT2D eigenvalue weighted by atomic mass is 16.5. The lowest BCUT2D eigenvalue weighted by Gasteiger charge is -2.04. The van der Waals surface area contributed by atoms with Gasteiger partial charge in [-0.25, -0.2) is 19.2 Å². The lowest BCUT2D eigenvalue weighted by atomic mass is 10.2. The molecule has 0 spiro atoms. The van der Waals surface area contributed by atoms with E-state index < -0.39 is 23.9 Å². The quantitative estimate of drug-likeness (QED) is 0.0742. The van der Waals surface area contributed by atoms with Crippen molar-refractivity contribution in [3.8, 4) is 118 Å². The van der Waals surface area contributed by atoms with E-state index in [0.29, 0.717) is 0 Å². The van der Waals surface area contributed by atoms with Crippen molar-refractivity contribution in [2.45, 2.75) is 0 Å². The number of allylic oxidation sites excluding steroid dienone is 4. The van der Waals surface area contributed by atoms with Crippen LogP contribution in [0, 0.1) is 94.7 Å². The van der Waals surface area contributed by atoms with Crippen LogP contribution in [0.5, 0.6) is 23.0 Å². The largest absolute Gasteiger partial charge is 0.508 e. The zero-order valence-electron chi connectivity index (χ0n) is 35.4. The SMILES string of the molecule is O=C(OC/C1=C\C#CC#C/C=C(/COC(=O)c2cccc(O)c2)C#CC#C/C(COC(=O)c2cccc(O)c2)=C\C#CC#C/C=C(/COC(=O)c2cccc(O)c2)C#CC#C1)c1cccc(O)c1. The number of esters is 4. The minimum Gasteiger partial charge on any atom is -0.508 e. The fraction of sp³-hybridized carbons (Fsp3) is 0.0714. The van der Waals surface area contributed by atoms with Gasteiger partial charge < -0.3 is 39.4 Å². The molecule has 12 heteroatoms. The first-order chi connectivity index (χ1) is 33.0. The Morgan fingerprint density at radius 2 is 0.559 bits per heavy atom. The second-order valence-electron chi connectivity index (χ2n) is 13.3. The summed E-state index contributed by atoms with van der Waals surface area (Å²) >= 11 is 0. The summed E-state index contributed by atoms with van der Waals surface area (Å²) in [4.78, 5) is 50.9. The van der Waals surface area contributed by atoms with Gasteiger partial charge in [-0.1, -0.05) is 71.6 Å².